The summed E-state index contributed by atoms with van der Waals surface area (Å²) >= 11 is 0. The van der Waals surface area contributed by atoms with Gasteiger partial charge >= 0.3 is 0 Å². The van der Waals surface area contributed by atoms with Crippen LogP contribution in [0.5, 0.6) is 0 Å². The standard InChI is InChI=1S/C13H17N3O/c1-13(2,8-14)9-16-7-10-4-3-5-11(6-10)12(15)17/h3-6,16H,7,9H2,1-2H3,(H2,15,17). The minimum atomic E-state index is -0.427. The van der Waals surface area contributed by atoms with Crippen LogP contribution >= 0.6 is 0 Å². The van der Waals surface area contributed by atoms with Crippen LogP contribution in [0.1, 0.15) is 29.8 Å². The molecule has 0 spiro atoms. The number of hydrogen-bond donors (Lipinski definition) is 2. The molecule has 0 fully saturated rings. The molecule has 0 saturated carbocycles. The first-order valence-electron chi connectivity index (χ1n) is 5.45. The third-order valence-corrected chi connectivity index (χ3v) is 2.41. The molecule has 1 amide bonds. The molecule has 0 aliphatic rings. The normalized spacial score (nSPS) is 10.9. The largest absolute Gasteiger partial charge is 0.366 e. The fraction of sp³-hybridized carbons (Fsp3) is 0.385. The van der Waals surface area contributed by atoms with Crippen molar-refractivity contribution in [3.05, 3.63) is 35.4 Å². The predicted octanol–water partition coefficient (Wildman–Crippen LogP) is 1.42. The zero-order valence-electron chi connectivity index (χ0n) is 10.2. The molecule has 0 bridgehead atoms. The van der Waals surface area contributed by atoms with Crippen LogP contribution in [0.2, 0.25) is 0 Å². The number of rotatable bonds is 5. The van der Waals surface area contributed by atoms with Crippen molar-refractivity contribution >= 4 is 5.91 Å². The molecule has 4 nitrogen and oxygen atoms in total. The Morgan fingerprint density at radius 1 is 1.53 bits per heavy atom. The quantitative estimate of drug-likeness (QED) is 0.804. The molecule has 0 radical (unpaired) electrons. The maximum absolute atomic E-state index is 11.0. The van der Waals surface area contributed by atoms with Crippen molar-refractivity contribution in [2.24, 2.45) is 11.1 Å². The second-order valence-corrected chi connectivity index (χ2v) is 4.66. The van der Waals surface area contributed by atoms with Crippen LogP contribution in [0.4, 0.5) is 0 Å². The molecule has 1 aromatic rings. The van der Waals surface area contributed by atoms with Gasteiger partial charge in [0.15, 0.2) is 0 Å². The number of carbonyl (C=O) groups excluding carboxylic acids is 1. The van der Waals surface area contributed by atoms with E-state index >= 15 is 0 Å². The topological polar surface area (TPSA) is 78.9 Å². The maximum Gasteiger partial charge on any atom is 0.248 e. The molecule has 0 aromatic heterocycles. The van der Waals surface area contributed by atoms with E-state index in [0.29, 0.717) is 18.7 Å². The lowest BCUT2D eigenvalue weighted by Gasteiger charge is -2.15. The Labute approximate surface area is 101 Å². The Balaban J connectivity index is 2.56. The van der Waals surface area contributed by atoms with Gasteiger partial charge < -0.3 is 11.1 Å². The van der Waals surface area contributed by atoms with E-state index in [1.165, 1.54) is 0 Å². The molecule has 0 unspecified atom stereocenters. The molecule has 0 heterocycles. The lowest BCUT2D eigenvalue weighted by atomic mass is 9.96. The maximum atomic E-state index is 11.0. The second kappa shape index (κ2) is 5.46. The van der Waals surface area contributed by atoms with Crippen molar-refractivity contribution in [1.29, 1.82) is 5.26 Å². The molecule has 1 aromatic carbocycles. The summed E-state index contributed by atoms with van der Waals surface area (Å²) in [6.07, 6.45) is 0. The average Bonchev–Trinajstić information content (AvgIpc) is 2.29. The van der Waals surface area contributed by atoms with E-state index < -0.39 is 5.91 Å². The van der Waals surface area contributed by atoms with Gasteiger partial charge in [0, 0.05) is 18.7 Å². The average molecular weight is 231 g/mol. The molecule has 0 atom stereocenters. The number of benzene rings is 1. The summed E-state index contributed by atoms with van der Waals surface area (Å²) in [5.41, 5.74) is 6.30. The van der Waals surface area contributed by atoms with Gasteiger partial charge in [0.25, 0.3) is 0 Å². The number of amides is 1. The van der Waals surface area contributed by atoms with E-state index in [0.717, 1.165) is 5.56 Å². The fourth-order valence-electron chi connectivity index (χ4n) is 1.39. The number of carbonyl (C=O) groups is 1. The van der Waals surface area contributed by atoms with Gasteiger partial charge in [-0.1, -0.05) is 12.1 Å². The lowest BCUT2D eigenvalue weighted by Crippen LogP contribution is -2.27. The third kappa shape index (κ3) is 4.25. The summed E-state index contributed by atoms with van der Waals surface area (Å²) < 4.78 is 0. The summed E-state index contributed by atoms with van der Waals surface area (Å²) in [6, 6.07) is 9.38. The molecular formula is C13H17N3O. The number of nitrogens with zero attached hydrogens (tertiary/aromatic N) is 1. The molecule has 0 saturated heterocycles. The molecule has 17 heavy (non-hydrogen) atoms. The van der Waals surface area contributed by atoms with Gasteiger partial charge in [-0.15, -0.1) is 0 Å². The number of nitriles is 1. The highest BCUT2D eigenvalue weighted by molar-refractivity contribution is 5.92. The van der Waals surface area contributed by atoms with E-state index in [-0.39, 0.29) is 5.41 Å². The van der Waals surface area contributed by atoms with Crippen molar-refractivity contribution in [1.82, 2.24) is 5.32 Å². The lowest BCUT2D eigenvalue weighted by molar-refractivity contribution is 0.1000. The molecule has 4 heteroatoms. The van der Waals surface area contributed by atoms with Crippen LogP contribution in [0.15, 0.2) is 24.3 Å². The SMILES string of the molecule is CC(C)(C#N)CNCc1cccc(C(N)=O)c1. The van der Waals surface area contributed by atoms with Crippen LogP contribution in [0.25, 0.3) is 0 Å². The van der Waals surface area contributed by atoms with Gasteiger partial charge in [0.1, 0.15) is 0 Å². The van der Waals surface area contributed by atoms with Gasteiger partial charge in [-0.25, -0.2) is 0 Å². The van der Waals surface area contributed by atoms with Crippen molar-refractivity contribution in [3.8, 4) is 6.07 Å². The number of nitrogens with two attached hydrogens (primary N) is 1. The summed E-state index contributed by atoms with van der Waals surface area (Å²) in [5.74, 6) is -0.427. The predicted molar refractivity (Wildman–Crippen MR) is 66.1 cm³/mol. The minimum absolute atomic E-state index is 0.388. The zero-order valence-corrected chi connectivity index (χ0v) is 10.2. The second-order valence-electron chi connectivity index (χ2n) is 4.66. The number of hydrogen-bond acceptors (Lipinski definition) is 3. The third-order valence-electron chi connectivity index (χ3n) is 2.41. The summed E-state index contributed by atoms with van der Waals surface area (Å²) in [7, 11) is 0. The van der Waals surface area contributed by atoms with Crippen LogP contribution in [-0.2, 0) is 6.54 Å². The van der Waals surface area contributed by atoms with Gasteiger partial charge in [-0.2, -0.15) is 5.26 Å². The van der Waals surface area contributed by atoms with E-state index in [2.05, 4.69) is 11.4 Å². The molecular weight excluding hydrogens is 214 g/mol. The Bertz CT molecular complexity index is 446. The molecule has 0 aliphatic carbocycles. The first-order valence-corrected chi connectivity index (χ1v) is 5.45. The van der Waals surface area contributed by atoms with Crippen molar-refractivity contribution in [3.63, 3.8) is 0 Å². The highest BCUT2D eigenvalue weighted by atomic mass is 16.1. The van der Waals surface area contributed by atoms with Crippen molar-refractivity contribution < 1.29 is 4.79 Å². The van der Waals surface area contributed by atoms with E-state index in [1.54, 1.807) is 18.2 Å². The zero-order chi connectivity index (χ0) is 12.9. The highest BCUT2D eigenvalue weighted by Crippen LogP contribution is 2.11. The van der Waals surface area contributed by atoms with Gasteiger partial charge in [-0.05, 0) is 31.5 Å². The first-order chi connectivity index (χ1) is 7.94. The van der Waals surface area contributed by atoms with Gasteiger partial charge in [0.05, 0.1) is 11.5 Å². The fourth-order valence-corrected chi connectivity index (χ4v) is 1.39. The smallest absolute Gasteiger partial charge is 0.248 e. The number of nitrogens with one attached hydrogen (secondary N) is 1. The summed E-state index contributed by atoms with van der Waals surface area (Å²) in [5, 5.41) is 12.0. The Morgan fingerprint density at radius 2 is 2.24 bits per heavy atom. The first kappa shape index (κ1) is 13.2. The minimum Gasteiger partial charge on any atom is -0.366 e. The van der Waals surface area contributed by atoms with Gasteiger partial charge in [0.2, 0.25) is 5.91 Å². The van der Waals surface area contributed by atoms with E-state index in [1.807, 2.05) is 19.9 Å². The molecule has 90 valence electrons. The Hall–Kier alpha value is -1.86. The summed E-state index contributed by atoms with van der Waals surface area (Å²) in [4.78, 5) is 11.0. The van der Waals surface area contributed by atoms with Gasteiger partial charge in [-0.3, -0.25) is 4.79 Å². The van der Waals surface area contributed by atoms with E-state index in [4.69, 9.17) is 11.0 Å². The van der Waals surface area contributed by atoms with Crippen molar-refractivity contribution in [2.75, 3.05) is 6.54 Å². The molecule has 1 rings (SSSR count). The Kier molecular flexibility index (Phi) is 4.24. The Morgan fingerprint density at radius 3 is 2.82 bits per heavy atom. The van der Waals surface area contributed by atoms with E-state index in [9.17, 15) is 4.79 Å². The summed E-state index contributed by atoms with van der Waals surface area (Å²) in [6.45, 7) is 4.97. The van der Waals surface area contributed by atoms with Crippen LogP contribution < -0.4 is 11.1 Å². The molecule has 0 aliphatic heterocycles. The number of primary amides is 1. The van der Waals surface area contributed by atoms with Crippen LogP contribution in [-0.4, -0.2) is 12.5 Å². The highest BCUT2D eigenvalue weighted by Gasteiger charge is 2.15. The van der Waals surface area contributed by atoms with Crippen LogP contribution in [0.3, 0.4) is 0 Å². The molecule has 3 N–H and O–H groups in total. The van der Waals surface area contributed by atoms with Crippen LogP contribution in [0, 0.1) is 16.7 Å². The monoisotopic (exact) mass is 231 g/mol. The van der Waals surface area contributed by atoms with Crippen molar-refractivity contribution in [2.45, 2.75) is 20.4 Å².